The van der Waals surface area contributed by atoms with Crippen molar-refractivity contribution in [1.82, 2.24) is 15.1 Å². The number of rotatable bonds is 3. The fourth-order valence-corrected chi connectivity index (χ4v) is 1.78. The summed E-state index contributed by atoms with van der Waals surface area (Å²) in [4.78, 5) is 23.7. The Morgan fingerprint density at radius 2 is 1.43 bits per heavy atom. The van der Waals surface area contributed by atoms with Crippen LogP contribution in [-0.2, 0) is 9.59 Å². The Bertz CT molecular complexity index is 384. The smallest absolute Gasteiger partial charge is 0.347 e. The molecule has 0 radical (unpaired) electrons. The van der Waals surface area contributed by atoms with E-state index in [2.05, 4.69) is 0 Å². The maximum Gasteiger partial charge on any atom is 0.471 e. The van der Waals surface area contributed by atoms with E-state index < -0.39 is 24.2 Å². The van der Waals surface area contributed by atoms with Crippen molar-refractivity contribution in [3.05, 3.63) is 0 Å². The molecule has 1 aliphatic heterocycles. The lowest BCUT2D eigenvalue weighted by Crippen LogP contribution is -2.53. The average Bonchev–Trinajstić information content (AvgIpc) is 2.36. The summed E-state index contributed by atoms with van der Waals surface area (Å²) in [6, 6.07) is 0. The molecule has 1 rings (SSSR count). The molecule has 1 saturated heterocycles. The maximum atomic E-state index is 12.2. The molecule has 122 valence electrons. The van der Waals surface area contributed by atoms with Crippen molar-refractivity contribution in [3.63, 3.8) is 0 Å². The van der Waals surface area contributed by atoms with Crippen LogP contribution in [-0.4, -0.2) is 73.2 Å². The van der Waals surface area contributed by atoms with Gasteiger partial charge in [-0.15, -0.1) is 0 Å². The van der Waals surface area contributed by atoms with Gasteiger partial charge in [-0.2, -0.15) is 26.3 Å². The van der Waals surface area contributed by atoms with E-state index in [1.807, 2.05) is 0 Å². The van der Waals surface area contributed by atoms with Gasteiger partial charge < -0.3 is 10.2 Å². The zero-order valence-corrected chi connectivity index (χ0v) is 10.7. The largest absolute Gasteiger partial charge is 0.471 e. The van der Waals surface area contributed by atoms with Gasteiger partial charge in [0.05, 0.1) is 0 Å². The number of amides is 2. The molecule has 2 amide bonds. The van der Waals surface area contributed by atoms with Gasteiger partial charge in [0.25, 0.3) is 0 Å². The van der Waals surface area contributed by atoms with Crippen LogP contribution >= 0.6 is 0 Å². The summed E-state index contributed by atoms with van der Waals surface area (Å²) >= 11 is 0. The second-order valence-electron chi connectivity index (χ2n) is 4.39. The Labute approximate surface area is 115 Å². The minimum atomic E-state index is -4.96. The number of alkyl halides is 6. The Morgan fingerprint density at radius 3 is 1.86 bits per heavy atom. The Kier molecular flexibility index (Phi) is 5.42. The molecule has 1 heterocycles. The Hall–Kier alpha value is -1.52. The zero-order chi connectivity index (χ0) is 16.3. The van der Waals surface area contributed by atoms with Crippen molar-refractivity contribution >= 4 is 11.8 Å². The van der Waals surface area contributed by atoms with Gasteiger partial charge in [-0.3, -0.25) is 14.5 Å². The fourth-order valence-electron chi connectivity index (χ4n) is 1.78. The molecule has 1 aliphatic rings. The van der Waals surface area contributed by atoms with Crippen LogP contribution in [0.25, 0.3) is 0 Å². The van der Waals surface area contributed by atoms with Crippen molar-refractivity contribution in [2.24, 2.45) is 0 Å². The molecule has 0 unspecified atom stereocenters. The summed E-state index contributed by atoms with van der Waals surface area (Å²) in [7, 11) is 0. The van der Waals surface area contributed by atoms with Crippen LogP contribution in [0.15, 0.2) is 0 Å². The molecule has 0 aromatic rings. The SMILES string of the molecule is O=C(NCCN1CCN(C(=O)C(F)(F)F)CC1)C(F)(F)F. The molecule has 1 fully saturated rings. The molecule has 1 N–H and O–H groups in total. The molecule has 21 heavy (non-hydrogen) atoms. The van der Waals surface area contributed by atoms with Crippen LogP contribution < -0.4 is 5.32 Å². The van der Waals surface area contributed by atoms with Crippen LogP contribution in [0, 0.1) is 0 Å². The molecule has 5 nitrogen and oxygen atoms in total. The zero-order valence-electron chi connectivity index (χ0n) is 10.7. The van der Waals surface area contributed by atoms with Crippen LogP contribution in [0.5, 0.6) is 0 Å². The number of nitrogens with zero attached hydrogens (tertiary/aromatic N) is 2. The van der Waals surface area contributed by atoms with Gasteiger partial charge in [-0.1, -0.05) is 0 Å². The number of carbonyl (C=O) groups excluding carboxylic acids is 2. The van der Waals surface area contributed by atoms with Crippen LogP contribution in [0.4, 0.5) is 26.3 Å². The van der Waals surface area contributed by atoms with Crippen molar-refractivity contribution in [3.8, 4) is 0 Å². The first-order chi connectivity index (χ1) is 9.51. The highest BCUT2D eigenvalue weighted by molar-refractivity contribution is 5.82. The monoisotopic (exact) mass is 321 g/mol. The molecular weight excluding hydrogens is 308 g/mol. The fraction of sp³-hybridized carbons (Fsp3) is 0.800. The molecule has 0 aromatic carbocycles. The summed E-state index contributed by atoms with van der Waals surface area (Å²) in [5, 5.41) is 1.66. The van der Waals surface area contributed by atoms with E-state index in [4.69, 9.17) is 0 Å². The first-order valence-electron chi connectivity index (χ1n) is 5.95. The van der Waals surface area contributed by atoms with Crippen molar-refractivity contribution < 1.29 is 35.9 Å². The second-order valence-corrected chi connectivity index (χ2v) is 4.39. The maximum absolute atomic E-state index is 12.2. The number of piperazine rings is 1. The average molecular weight is 321 g/mol. The van der Waals surface area contributed by atoms with E-state index in [1.165, 1.54) is 0 Å². The lowest BCUT2D eigenvalue weighted by Gasteiger charge is -2.34. The minimum absolute atomic E-state index is 0.0653. The van der Waals surface area contributed by atoms with Crippen LogP contribution in [0.1, 0.15) is 0 Å². The van der Waals surface area contributed by atoms with Gasteiger partial charge in [0, 0.05) is 39.3 Å². The van der Waals surface area contributed by atoms with E-state index in [1.54, 1.807) is 10.2 Å². The van der Waals surface area contributed by atoms with Gasteiger partial charge >= 0.3 is 24.2 Å². The van der Waals surface area contributed by atoms with Crippen molar-refractivity contribution in [1.29, 1.82) is 0 Å². The highest BCUT2D eigenvalue weighted by atomic mass is 19.4. The van der Waals surface area contributed by atoms with Crippen LogP contribution in [0.3, 0.4) is 0 Å². The molecule has 0 atom stereocenters. The number of carbonyl (C=O) groups is 2. The summed E-state index contributed by atoms with van der Waals surface area (Å²) in [5.74, 6) is -3.99. The quantitative estimate of drug-likeness (QED) is 0.764. The molecule has 11 heteroatoms. The normalized spacial score (nSPS) is 17.7. The van der Waals surface area contributed by atoms with Gasteiger partial charge in [0.1, 0.15) is 0 Å². The second kappa shape index (κ2) is 6.50. The van der Waals surface area contributed by atoms with E-state index >= 15 is 0 Å². The van der Waals surface area contributed by atoms with Crippen molar-refractivity contribution in [2.45, 2.75) is 12.4 Å². The van der Waals surface area contributed by atoms with Crippen LogP contribution in [0.2, 0.25) is 0 Å². The van der Waals surface area contributed by atoms with E-state index in [0.29, 0.717) is 4.90 Å². The third-order valence-corrected chi connectivity index (χ3v) is 2.87. The van der Waals surface area contributed by atoms with Crippen molar-refractivity contribution in [2.75, 3.05) is 39.3 Å². The van der Waals surface area contributed by atoms with E-state index in [-0.39, 0.29) is 39.3 Å². The van der Waals surface area contributed by atoms with E-state index in [9.17, 15) is 35.9 Å². The summed E-state index contributed by atoms with van der Waals surface area (Å²) in [6.45, 7) is -0.327. The predicted octanol–water partition coefficient (Wildman–Crippen LogP) is 0.371. The number of hydrogen-bond acceptors (Lipinski definition) is 3. The first-order valence-corrected chi connectivity index (χ1v) is 5.95. The molecule has 0 spiro atoms. The molecular formula is C10H13F6N3O2. The lowest BCUT2D eigenvalue weighted by atomic mass is 10.3. The third-order valence-electron chi connectivity index (χ3n) is 2.87. The Morgan fingerprint density at radius 1 is 0.905 bits per heavy atom. The highest BCUT2D eigenvalue weighted by Gasteiger charge is 2.43. The summed E-state index contributed by atoms with van der Waals surface area (Å²) in [5.41, 5.74) is 0. The predicted molar refractivity (Wildman–Crippen MR) is 58.1 cm³/mol. The molecule has 0 saturated carbocycles. The minimum Gasteiger partial charge on any atom is -0.347 e. The van der Waals surface area contributed by atoms with Gasteiger partial charge in [0.15, 0.2) is 0 Å². The highest BCUT2D eigenvalue weighted by Crippen LogP contribution is 2.19. The summed E-state index contributed by atoms with van der Waals surface area (Å²) in [6.07, 6.45) is -9.89. The summed E-state index contributed by atoms with van der Waals surface area (Å²) < 4.78 is 72.2. The third kappa shape index (κ3) is 5.40. The van der Waals surface area contributed by atoms with Gasteiger partial charge in [-0.05, 0) is 0 Å². The first kappa shape index (κ1) is 17.5. The van der Waals surface area contributed by atoms with E-state index in [0.717, 1.165) is 0 Å². The molecule has 0 aliphatic carbocycles. The molecule has 0 bridgehead atoms. The Balaban J connectivity index is 2.29. The van der Waals surface area contributed by atoms with Gasteiger partial charge in [0.2, 0.25) is 0 Å². The number of nitrogens with one attached hydrogen (secondary N) is 1. The standard InChI is InChI=1S/C10H13F6N3O2/c11-9(12,13)7(20)17-1-2-18-3-5-19(6-4-18)8(21)10(14,15)16/h1-6H2,(H,17,20). The topological polar surface area (TPSA) is 52.7 Å². The van der Waals surface area contributed by atoms with Gasteiger partial charge in [-0.25, -0.2) is 0 Å². The lowest BCUT2D eigenvalue weighted by molar-refractivity contribution is -0.187. The number of halogens is 6. The molecule has 0 aromatic heterocycles. The number of hydrogen-bond donors (Lipinski definition) is 1.